The predicted molar refractivity (Wildman–Crippen MR) is 48.6 cm³/mol. The van der Waals surface area contributed by atoms with E-state index in [0.29, 0.717) is 5.69 Å². The summed E-state index contributed by atoms with van der Waals surface area (Å²) in [5.74, 6) is -0.503. The summed E-state index contributed by atoms with van der Waals surface area (Å²) < 4.78 is 6.01. The monoisotopic (exact) mass is 199 g/mol. The third-order valence-electron chi connectivity index (χ3n) is 1.94. The Labute approximate surface area is 81.3 Å². The van der Waals surface area contributed by atoms with Crippen molar-refractivity contribution in [3.05, 3.63) is 17.5 Å². The molecule has 0 amide bonds. The number of hydrogen-bond acceptors (Lipinski definition) is 5. The smallest absolute Gasteiger partial charge is 0.341 e. The molecule has 1 aromatic rings. The van der Waals surface area contributed by atoms with Crippen LogP contribution in [0.15, 0.2) is 6.20 Å². The van der Waals surface area contributed by atoms with Crippen LogP contribution in [0.3, 0.4) is 0 Å². The molecule has 1 heterocycles. The van der Waals surface area contributed by atoms with Gasteiger partial charge in [0.15, 0.2) is 0 Å². The molecule has 0 saturated heterocycles. The van der Waals surface area contributed by atoms with Crippen LogP contribution in [-0.2, 0) is 11.8 Å². The number of esters is 1. The van der Waals surface area contributed by atoms with Gasteiger partial charge in [0.05, 0.1) is 31.6 Å². The van der Waals surface area contributed by atoms with E-state index in [0.717, 1.165) is 0 Å². The van der Waals surface area contributed by atoms with Gasteiger partial charge < -0.3 is 15.6 Å². The van der Waals surface area contributed by atoms with E-state index >= 15 is 0 Å². The number of rotatable bonds is 3. The van der Waals surface area contributed by atoms with Crippen molar-refractivity contribution in [3.8, 4) is 0 Å². The van der Waals surface area contributed by atoms with Gasteiger partial charge in [-0.15, -0.1) is 0 Å². The molecule has 0 fully saturated rings. The van der Waals surface area contributed by atoms with Gasteiger partial charge in [0.1, 0.15) is 5.56 Å². The van der Waals surface area contributed by atoms with Crippen LogP contribution < -0.4 is 5.73 Å². The number of aliphatic hydroxyl groups excluding tert-OH is 1. The number of methoxy groups -OCH3 is 1. The van der Waals surface area contributed by atoms with Gasteiger partial charge in [0, 0.05) is 7.05 Å². The second-order valence-corrected chi connectivity index (χ2v) is 2.85. The highest BCUT2D eigenvalue weighted by Crippen LogP contribution is 2.15. The zero-order valence-corrected chi connectivity index (χ0v) is 8.10. The van der Waals surface area contributed by atoms with Crippen LogP contribution in [0.5, 0.6) is 0 Å². The Kier molecular flexibility index (Phi) is 3.21. The molecule has 0 aliphatic rings. The van der Waals surface area contributed by atoms with E-state index in [1.807, 2.05) is 0 Å². The average molecular weight is 199 g/mol. The van der Waals surface area contributed by atoms with Crippen LogP contribution in [0, 0.1) is 0 Å². The van der Waals surface area contributed by atoms with Gasteiger partial charge in [0.2, 0.25) is 0 Å². The molecule has 0 unspecified atom stereocenters. The van der Waals surface area contributed by atoms with E-state index in [9.17, 15) is 4.79 Å². The third-order valence-corrected chi connectivity index (χ3v) is 1.94. The number of hydrogen-bond donors (Lipinski definition) is 2. The molecule has 0 saturated carbocycles. The number of carbonyl (C=O) groups is 1. The van der Waals surface area contributed by atoms with E-state index in [1.54, 1.807) is 7.05 Å². The lowest BCUT2D eigenvalue weighted by Gasteiger charge is -2.10. The van der Waals surface area contributed by atoms with Gasteiger partial charge in [-0.3, -0.25) is 4.68 Å². The van der Waals surface area contributed by atoms with Crippen molar-refractivity contribution >= 4 is 5.97 Å². The van der Waals surface area contributed by atoms with E-state index in [4.69, 9.17) is 10.8 Å². The summed E-state index contributed by atoms with van der Waals surface area (Å²) in [4.78, 5) is 11.3. The summed E-state index contributed by atoms with van der Waals surface area (Å²) in [6, 6.07) is -0.628. The van der Waals surface area contributed by atoms with Crippen molar-refractivity contribution in [1.29, 1.82) is 0 Å². The molecule has 0 spiro atoms. The van der Waals surface area contributed by atoms with Gasteiger partial charge in [-0.2, -0.15) is 5.10 Å². The SMILES string of the molecule is COC(=O)c1cnn(C)c1[C@@H](N)CO. The van der Waals surface area contributed by atoms with Crippen LogP contribution in [0.1, 0.15) is 22.1 Å². The zero-order chi connectivity index (χ0) is 10.7. The second kappa shape index (κ2) is 4.21. The first-order valence-electron chi connectivity index (χ1n) is 4.08. The number of nitrogens with zero attached hydrogens (tertiary/aromatic N) is 2. The molecule has 0 aromatic carbocycles. The van der Waals surface area contributed by atoms with Crippen LogP contribution in [-0.4, -0.2) is 34.6 Å². The molecule has 6 nitrogen and oxygen atoms in total. The molecule has 1 atom stereocenters. The van der Waals surface area contributed by atoms with Crippen molar-refractivity contribution in [1.82, 2.24) is 9.78 Å². The van der Waals surface area contributed by atoms with E-state index < -0.39 is 12.0 Å². The summed E-state index contributed by atoms with van der Waals surface area (Å²) in [6.07, 6.45) is 1.37. The Morgan fingerprint density at radius 1 is 1.86 bits per heavy atom. The number of ether oxygens (including phenoxy) is 1. The predicted octanol–water partition coefficient (Wildman–Crippen LogP) is -0.801. The zero-order valence-electron chi connectivity index (χ0n) is 8.10. The number of aliphatic hydroxyl groups is 1. The fraction of sp³-hybridized carbons (Fsp3) is 0.500. The second-order valence-electron chi connectivity index (χ2n) is 2.85. The Balaban J connectivity index is 3.12. The summed E-state index contributed by atoms with van der Waals surface area (Å²) in [5.41, 5.74) is 6.37. The summed E-state index contributed by atoms with van der Waals surface area (Å²) >= 11 is 0. The summed E-state index contributed by atoms with van der Waals surface area (Å²) in [6.45, 7) is -0.247. The van der Waals surface area contributed by atoms with E-state index in [2.05, 4.69) is 9.84 Å². The molecule has 0 bridgehead atoms. The van der Waals surface area contributed by atoms with Crippen molar-refractivity contribution in [2.75, 3.05) is 13.7 Å². The first-order valence-corrected chi connectivity index (χ1v) is 4.08. The molecule has 1 aromatic heterocycles. The fourth-order valence-electron chi connectivity index (χ4n) is 1.24. The number of carbonyl (C=O) groups excluding carboxylic acids is 1. The highest BCUT2D eigenvalue weighted by molar-refractivity contribution is 5.90. The van der Waals surface area contributed by atoms with Crippen molar-refractivity contribution in [2.45, 2.75) is 6.04 Å². The quantitative estimate of drug-likeness (QED) is 0.622. The molecule has 14 heavy (non-hydrogen) atoms. The lowest BCUT2D eigenvalue weighted by atomic mass is 10.1. The van der Waals surface area contributed by atoms with Crippen molar-refractivity contribution < 1.29 is 14.6 Å². The van der Waals surface area contributed by atoms with Crippen molar-refractivity contribution in [2.24, 2.45) is 12.8 Å². The van der Waals surface area contributed by atoms with E-state index in [1.165, 1.54) is 18.0 Å². The van der Waals surface area contributed by atoms with Crippen LogP contribution in [0.25, 0.3) is 0 Å². The molecule has 6 heteroatoms. The molecular formula is C8H13N3O3. The molecule has 3 N–H and O–H groups in total. The molecular weight excluding hydrogens is 186 g/mol. The van der Waals surface area contributed by atoms with Crippen LogP contribution in [0.2, 0.25) is 0 Å². The molecule has 0 aliphatic carbocycles. The van der Waals surface area contributed by atoms with Gasteiger partial charge in [-0.1, -0.05) is 0 Å². The fourth-order valence-corrected chi connectivity index (χ4v) is 1.24. The summed E-state index contributed by atoms with van der Waals surface area (Å²) in [5, 5.41) is 12.8. The van der Waals surface area contributed by atoms with Crippen molar-refractivity contribution in [3.63, 3.8) is 0 Å². The minimum atomic E-state index is -0.628. The third kappa shape index (κ3) is 1.75. The maximum absolute atomic E-state index is 11.3. The first kappa shape index (κ1) is 10.7. The Morgan fingerprint density at radius 3 is 3.00 bits per heavy atom. The minimum Gasteiger partial charge on any atom is -0.465 e. The highest BCUT2D eigenvalue weighted by Gasteiger charge is 2.20. The molecule has 0 radical (unpaired) electrons. The van der Waals surface area contributed by atoms with Gasteiger partial charge in [-0.05, 0) is 0 Å². The number of aryl methyl sites for hydroxylation is 1. The van der Waals surface area contributed by atoms with E-state index in [-0.39, 0.29) is 12.2 Å². The molecule has 1 rings (SSSR count). The van der Waals surface area contributed by atoms with Gasteiger partial charge in [-0.25, -0.2) is 4.79 Å². The average Bonchev–Trinajstić information content (AvgIpc) is 2.58. The van der Waals surface area contributed by atoms with Gasteiger partial charge in [0.25, 0.3) is 0 Å². The maximum atomic E-state index is 11.3. The first-order chi connectivity index (χ1) is 6.61. The van der Waals surface area contributed by atoms with Crippen LogP contribution in [0.4, 0.5) is 0 Å². The lowest BCUT2D eigenvalue weighted by molar-refractivity contribution is 0.0598. The van der Waals surface area contributed by atoms with Gasteiger partial charge >= 0.3 is 5.97 Å². The molecule has 78 valence electrons. The lowest BCUT2D eigenvalue weighted by Crippen LogP contribution is -2.21. The topological polar surface area (TPSA) is 90.4 Å². The molecule has 0 aliphatic heterocycles. The largest absolute Gasteiger partial charge is 0.465 e. The maximum Gasteiger partial charge on any atom is 0.341 e. The Bertz CT molecular complexity index is 335. The minimum absolute atomic E-state index is 0.247. The number of nitrogens with two attached hydrogens (primary N) is 1. The highest BCUT2D eigenvalue weighted by atomic mass is 16.5. The normalized spacial score (nSPS) is 12.6. The Morgan fingerprint density at radius 2 is 2.50 bits per heavy atom. The summed E-state index contributed by atoms with van der Waals surface area (Å²) in [7, 11) is 2.93. The Hall–Kier alpha value is -1.40. The number of aromatic nitrogens is 2. The standard InChI is InChI=1S/C8H13N3O3/c1-11-7(6(9)4-12)5(3-10-11)8(13)14-2/h3,6,12H,4,9H2,1-2H3/t6-/m0/s1. The van der Waals surface area contributed by atoms with Crippen LogP contribution >= 0.6 is 0 Å².